The molecule has 3 aliphatic heterocycles. The summed E-state index contributed by atoms with van der Waals surface area (Å²) >= 11 is 0. The maximum atomic E-state index is 13.9. The minimum Gasteiger partial charge on any atom is -0.404 e. The van der Waals surface area contributed by atoms with Crippen molar-refractivity contribution in [1.82, 2.24) is 15.1 Å². The van der Waals surface area contributed by atoms with Crippen LogP contribution in [-0.2, 0) is 25.3 Å². The summed E-state index contributed by atoms with van der Waals surface area (Å²) in [6, 6.07) is 12.1. The molecule has 1 aromatic carbocycles. The van der Waals surface area contributed by atoms with Crippen LogP contribution in [0.5, 0.6) is 0 Å². The fourth-order valence-electron chi connectivity index (χ4n) is 9.08. The Labute approximate surface area is 278 Å². The van der Waals surface area contributed by atoms with Crippen molar-refractivity contribution < 1.29 is 27.7 Å². The number of halogens is 2. The molecule has 6 fully saturated rings. The molecule has 47 heavy (non-hydrogen) atoms. The molecule has 0 spiro atoms. The highest BCUT2D eigenvalue weighted by Gasteiger charge is 2.68. The molecule has 8 nitrogen and oxygen atoms in total. The van der Waals surface area contributed by atoms with Gasteiger partial charge in [0.2, 0.25) is 5.91 Å². The van der Waals surface area contributed by atoms with E-state index in [1.807, 2.05) is 36.4 Å². The van der Waals surface area contributed by atoms with Crippen molar-refractivity contribution >= 4 is 18.9 Å². The van der Waals surface area contributed by atoms with E-state index >= 15 is 0 Å². The van der Waals surface area contributed by atoms with Crippen LogP contribution in [0, 0.1) is 34.5 Å². The van der Waals surface area contributed by atoms with E-state index < -0.39 is 31.0 Å². The predicted molar refractivity (Wildman–Crippen MR) is 175 cm³/mol. The number of rotatable bonds is 9. The van der Waals surface area contributed by atoms with Gasteiger partial charge in [0.1, 0.15) is 11.6 Å². The minimum absolute atomic E-state index is 0.00619. The molecule has 0 unspecified atom stereocenters. The van der Waals surface area contributed by atoms with Gasteiger partial charge in [-0.1, -0.05) is 44.2 Å². The first kappa shape index (κ1) is 34.1. The number of carbonyl (C=O) groups excluding carboxylic acids is 2. The van der Waals surface area contributed by atoms with Gasteiger partial charge in [0.25, 0.3) is 11.8 Å². The van der Waals surface area contributed by atoms with Crippen molar-refractivity contribution in [3.8, 4) is 6.07 Å². The van der Waals surface area contributed by atoms with Crippen molar-refractivity contribution in [3.63, 3.8) is 0 Å². The summed E-state index contributed by atoms with van der Waals surface area (Å²) in [5.74, 6) is -2.71. The van der Waals surface area contributed by atoms with Crippen LogP contribution in [0.3, 0.4) is 0 Å². The molecule has 3 aliphatic carbocycles. The molecule has 1 N–H and O–H groups in total. The van der Waals surface area contributed by atoms with E-state index in [1.54, 1.807) is 23.6 Å². The van der Waals surface area contributed by atoms with E-state index in [2.05, 4.69) is 26.1 Å². The fourth-order valence-corrected chi connectivity index (χ4v) is 9.08. The number of piperidine rings is 1. The van der Waals surface area contributed by atoms with E-state index in [4.69, 9.17) is 9.31 Å². The monoisotopic (exact) mass is 650 g/mol. The Kier molecular flexibility index (Phi) is 9.12. The molecule has 3 saturated heterocycles. The van der Waals surface area contributed by atoms with Crippen LogP contribution in [0.4, 0.5) is 8.78 Å². The van der Waals surface area contributed by atoms with Crippen LogP contribution in [-0.4, -0.2) is 84.0 Å². The summed E-state index contributed by atoms with van der Waals surface area (Å²) in [5.41, 5.74) is -0.0161. The molecular formula is C36H49BF2N4O4. The van der Waals surface area contributed by atoms with Crippen molar-refractivity contribution in [1.29, 1.82) is 5.26 Å². The molecule has 2 bridgehead atoms. The Balaban J connectivity index is 1.10. The lowest BCUT2D eigenvalue weighted by molar-refractivity contribution is -0.199. The van der Waals surface area contributed by atoms with Gasteiger partial charge in [-0.25, -0.2) is 8.78 Å². The lowest BCUT2D eigenvalue weighted by Gasteiger charge is -2.64. The minimum atomic E-state index is -2.77. The van der Waals surface area contributed by atoms with Crippen LogP contribution in [0.2, 0.25) is 0 Å². The molecule has 3 saturated carbocycles. The van der Waals surface area contributed by atoms with Gasteiger partial charge < -0.3 is 19.5 Å². The zero-order valence-electron chi connectivity index (χ0n) is 28.4. The number of likely N-dealkylation sites (tertiary alicyclic amines) is 2. The maximum Gasteiger partial charge on any atom is 0.482 e. The van der Waals surface area contributed by atoms with Gasteiger partial charge in [0, 0.05) is 38.0 Å². The highest BCUT2D eigenvalue weighted by molar-refractivity contribution is 6.48. The fraction of sp³-hybridized carbons (Fsp3) is 0.694. The molecule has 6 atom stereocenters. The number of alkyl halides is 2. The Morgan fingerprint density at radius 3 is 2.60 bits per heavy atom. The Bertz CT molecular complexity index is 1430. The summed E-state index contributed by atoms with van der Waals surface area (Å²) in [4.78, 5) is 30.4. The standard InChI is InChI=1S/C36H49BF2N4O4/c1-33(2,43-15-13-36(38,39)23-43)20-26(21-40)32(45)42-14-9-12-25(22-42)17-31(44)41-30(16-24-10-7-6-8-11-24)37-46-29-19-27-18-28(34(27,3)4)35(29,5)47-37/h6-8,10-11,20,25,27-30H,9,12-19,22-23H2,1-5H3,(H,41,44)/t25-,27+,28+,29-,30+,35+/m1/s1. The first-order valence-corrected chi connectivity index (χ1v) is 17.3. The normalized spacial score (nSPS) is 32.3. The average Bonchev–Trinajstić information content (AvgIpc) is 3.58. The number of nitriles is 1. The molecule has 7 rings (SSSR count). The second-order valence-electron chi connectivity index (χ2n) is 16.0. The lowest BCUT2D eigenvalue weighted by atomic mass is 9.43. The highest BCUT2D eigenvalue weighted by atomic mass is 19.3. The summed E-state index contributed by atoms with van der Waals surface area (Å²) < 4.78 is 41.2. The van der Waals surface area contributed by atoms with Gasteiger partial charge >= 0.3 is 7.12 Å². The van der Waals surface area contributed by atoms with Crippen molar-refractivity contribution in [2.24, 2.45) is 23.2 Å². The van der Waals surface area contributed by atoms with Gasteiger partial charge in [0.15, 0.2) is 0 Å². The topological polar surface area (TPSA) is 94.9 Å². The van der Waals surface area contributed by atoms with Crippen LogP contribution < -0.4 is 5.32 Å². The Morgan fingerprint density at radius 1 is 1.19 bits per heavy atom. The van der Waals surface area contributed by atoms with E-state index in [-0.39, 0.29) is 59.8 Å². The van der Waals surface area contributed by atoms with E-state index in [1.165, 1.54) is 6.08 Å². The van der Waals surface area contributed by atoms with Gasteiger partial charge in [-0.3, -0.25) is 14.5 Å². The Hall–Kier alpha value is -2.81. The van der Waals surface area contributed by atoms with Gasteiger partial charge in [0.05, 0.1) is 24.2 Å². The third kappa shape index (κ3) is 6.75. The lowest BCUT2D eigenvalue weighted by Crippen LogP contribution is -2.65. The second-order valence-corrected chi connectivity index (χ2v) is 16.0. The third-order valence-corrected chi connectivity index (χ3v) is 12.1. The number of nitrogens with one attached hydrogen (secondary N) is 1. The van der Waals surface area contributed by atoms with Crippen LogP contribution >= 0.6 is 0 Å². The number of nitrogens with zero attached hydrogens (tertiary/aromatic N) is 3. The molecule has 1 aromatic rings. The molecular weight excluding hydrogens is 601 g/mol. The maximum absolute atomic E-state index is 13.9. The van der Waals surface area contributed by atoms with Gasteiger partial charge in [-0.2, -0.15) is 5.26 Å². The first-order valence-electron chi connectivity index (χ1n) is 17.3. The molecule has 3 heterocycles. The van der Waals surface area contributed by atoms with E-state index in [9.17, 15) is 23.6 Å². The first-order chi connectivity index (χ1) is 22.1. The number of amides is 2. The molecule has 11 heteroatoms. The highest BCUT2D eigenvalue weighted by Crippen LogP contribution is 2.65. The summed E-state index contributed by atoms with van der Waals surface area (Å²) in [6.45, 7) is 11.0. The smallest absolute Gasteiger partial charge is 0.404 e. The van der Waals surface area contributed by atoms with E-state index in [0.29, 0.717) is 37.8 Å². The number of hydrogen-bond acceptors (Lipinski definition) is 6. The van der Waals surface area contributed by atoms with E-state index in [0.717, 1.165) is 24.8 Å². The van der Waals surface area contributed by atoms with Crippen molar-refractivity contribution in [2.75, 3.05) is 26.2 Å². The quantitative estimate of drug-likeness (QED) is 0.225. The van der Waals surface area contributed by atoms with Crippen molar-refractivity contribution in [3.05, 3.63) is 47.5 Å². The predicted octanol–water partition coefficient (Wildman–Crippen LogP) is 5.18. The van der Waals surface area contributed by atoms with Crippen molar-refractivity contribution in [2.45, 2.75) is 109 Å². The summed E-state index contributed by atoms with van der Waals surface area (Å²) in [7, 11) is -0.559. The van der Waals surface area contributed by atoms with Gasteiger partial charge in [-0.15, -0.1) is 0 Å². The number of benzene rings is 1. The number of carbonyl (C=O) groups is 2. The molecule has 6 aliphatic rings. The molecule has 2 amide bonds. The average molecular weight is 651 g/mol. The zero-order valence-corrected chi connectivity index (χ0v) is 28.4. The second kappa shape index (κ2) is 12.6. The largest absolute Gasteiger partial charge is 0.482 e. The van der Waals surface area contributed by atoms with Crippen LogP contribution in [0.1, 0.15) is 78.7 Å². The Morgan fingerprint density at radius 2 is 1.94 bits per heavy atom. The molecule has 0 radical (unpaired) electrons. The summed E-state index contributed by atoms with van der Waals surface area (Å²) in [5, 5.41) is 13.1. The molecule has 254 valence electrons. The van der Waals surface area contributed by atoms with Gasteiger partial charge in [-0.05, 0) is 87.7 Å². The molecule has 0 aromatic heterocycles. The van der Waals surface area contributed by atoms with Crippen LogP contribution in [0.25, 0.3) is 0 Å². The number of hydrogen-bond donors (Lipinski definition) is 1. The summed E-state index contributed by atoms with van der Waals surface area (Å²) in [6.07, 6.45) is 5.72. The van der Waals surface area contributed by atoms with Crippen LogP contribution in [0.15, 0.2) is 42.0 Å². The zero-order chi connectivity index (χ0) is 33.8. The third-order valence-electron chi connectivity index (χ3n) is 12.1. The SMILES string of the molecule is CC1(C)[C@@H]2C[C@H]3OB([C@H](Cc4ccccc4)NC(=O)C[C@H]4CCCN(C(=O)C(C#N)=CC(C)(C)N5CCC(F)(F)C5)C4)O[C@@]3(C)[C@H]1C2.